The Balaban J connectivity index is 1.70. The Bertz CT molecular complexity index is 1170. The topological polar surface area (TPSA) is 111 Å². The average Bonchev–Trinajstić information content (AvgIpc) is 3.06. The summed E-state index contributed by atoms with van der Waals surface area (Å²) in [5, 5.41) is 13.0. The van der Waals surface area contributed by atoms with Crippen LogP contribution < -0.4 is 5.32 Å². The highest BCUT2D eigenvalue weighted by Crippen LogP contribution is 2.30. The van der Waals surface area contributed by atoms with E-state index in [0.717, 1.165) is 18.2 Å². The highest BCUT2D eigenvalue weighted by Gasteiger charge is 2.23. The van der Waals surface area contributed by atoms with E-state index in [-0.39, 0.29) is 14.9 Å². The first-order chi connectivity index (χ1) is 13.7. The number of thiazole rings is 1. The molecule has 0 aliphatic rings. The van der Waals surface area contributed by atoms with E-state index in [1.54, 1.807) is 0 Å². The number of nitro benzene ring substituents is 1. The van der Waals surface area contributed by atoms with Crippen molar-refractivity contribution in [3.8, 4) is 0 Å². The Hall–Kier alpha value is -3.25. The molecule has 0 fully saturated rings. The van der Waals surface area contributed by atoms with Gasteiger partial charge in [-0.25, -0.2) is 22.9 Å². The number of hydrogen-bond acceptors (Lipinski definition) is 7. The van der Waals surface area contributed by atoms with E-state index in [1.807, 2.05) is 0 Å². The largest absolute Gasteiger partial charge is 0.452 e. The van der Waals surface area contributed by atoms with Crippen LogP contribution in [0.25, 0.3) is 10.2 Å². The zero-order valence-corrected chi connectivity index (χ0v) is 15.4. The molecule has 0 aliphatic carbocycles. The second-order valence-corrected chi connectivity index (χ2v) is 6.86. The van der Waals surface area contributed by atoms with Gasteiger partial charge in [0.25, 0.3) is 11.6 Å². The van der Waals surface area contributed by atoms with Crippen LogP contribution >= 0.6 is 22.9 Å². The molecule has 3 rings (SSSR count). The molecular weight excluding hydrogens is 439 g/mol. The van der Waals surface area contributed by atoms with Gasteiger partial charge in [-0.3, -0.25) is 20.2 Å². The fraction of sp³-hybridized carbons (Fsp3) is 0.0625. The van der Waals surface area contributed by atoms with Crippen LogP contribution in [0.4, 0.5) is 24.0 Å². The number of rotatable bonds is 5. The molecule has 3 aromatic rings. The second kappa shape index (κ2) is 8.01. The summed E-state index contributed by atoms with van der Waals surface area (Å²) in [5.74, 6) is -6.69. The molecule has 1 N–H and O–H groups in total. The van der Waals surface area contributed by atoms with Crippen LogP contribution in [-0.4, -0.2) is 28.4 Å². The monoisotopic (exact) mass is 445 g/mol. The smallest absolute Gasteiger partial charge is 0.345 e. The number of benzene rings is 2. The van der Waals surface area contributed by atoms with Crippen molar-refractivity contribution in [1.29, 1.82) is 0 Å². The minimum Gasteiger partial charge on any atom is -0.452 e. The zero-order chi connectivity index (χ0) is 21.3. The van der Waals surface area contributed by atoms with Gasteiger partial charge in [-0.2, -0.15) is 0 Å². The summed E-state index contributed by atoms with van der Waals surface area (Å²) in [6.45, 7) is -0.858. The number of ether oxygens (including phenoxy) is 1. The number of nitrogens with one attached hydrogen (secondary N) is 1. The highest BCUT2D eigenvalue weighted by atomic mass is 35.5. The van der Waals surface area contributed by atoms with Crippen molar-refractivity contribution in [3.63, 3.8) is 0 Å². The van der Waals surface area contributed by atoms with Gasteiger partial charge in [0.05, 0.1) is 9.62 Å². The van der Waals surface area contributed by atoms with Crippen LogP contribution in [0.3, 0.4) is 0 Å². The van der Waals surface area contributed by atoms with Crippen LogP contribution in [-0.2, 0) is 9.53 Å². The maximum atomic E-state index is 13.7. The number of hydrogen-bond donors (Lipinski definition) is 1. The van der Waals surface area contributed by atoms with Crippen molar-refractivity contribution in [2.45, 2.75) is 0 Å². The summed E-state index contributed by atoms with van der Waals surface area (Å²) in [5.41, 5.74) is -1.50. The van der Waals surface area contributed by atoms with Crippen LogP contribution in [0, 0.1) is 27.6 Å². The first-order valence-corrected chi connectivity index (χ1v) is 8.71. The molecule has 8 nitrogen and oxygen atoms in total. The van der Waals surface area contributed by atoms with Crippen LogP contribution in [0.15, 0.2) is 24.3 Å². The number of halogens is 4. The minimum absolute atomic E-state index is 0.0444. The second-order valence-electron chi connectivity index (χ2n) is 5.40. The zero-order valence-electron chi connectivity index (χ0n) is 13.9. The molecule has 0 bridgehead atoms. The van der Waals surface area contributed by atoms with Gasteiger partial charge in [0.1, 0.15) is 11.1 Å². The summed E-state index contributed by atoms with van der Waals surface area (Å²) in [6, 6.07) is 3.95. The number of carbonyl (C=O) groups excluding carboxylic acids is 2. The number of carbonyl (C=O) groups is 2. The Labute approximate surface area is 168 Å². The maximum Gasteiger partial charge on any atom is 0.345 e. The van der Waals surface area contributed by atoms with Crippen LogP contribution in [0.5, 0.6) is 0 Å². The predicted octanol–water partition coefficient (Wildman–Crippen LogP) is 4.07. The Kier molecular flexibility index (Phi) is 5.66. The molecule has 1 heterocycles. The van der Waals surface area contributed by atoms with Crippen molar-refractivity contribution in [3.05, 3.63) is 62.4 Å². The van der Waals surface area contributed by atoms with Gasteiger partial charge >= 0.3 is 5.97 Å². The molecule has 0 aliphatic heterocycles. The number of nitro groups is 1. The fourth-order valence-electron chi connectivity index (χ4n) is 2.22. The van der Waals surface area contributed by atoms with Crippen molar-refractivity contribution in [2.24, 2.45) is 0 Å². The number of amides is 1. The van der Waals surface area contributed by atoms with Crippen molar-refractivity contribution in [2.75, 3.05) is 11.9 Å². The minimum atomic E-state index is -1.70. The van der Waals surface area contributed by atoms with E-state index in [9.17, 15) is 32.9 Å². The lowest BCUT2D eigenvalue weighted by Crippen LogP contribution is -2.21. The lowest BCUT2D eigenvalue weighted by atomic mass is 10.2. The van der Waals surface area contributed by atoms with Crippen LogP contribution in [0.1, 0.15) is 10.4 Å². The summed E-state index contributed by atoms with van der Waals surface area (Å²) in [4.78, 5) is 37.7. The molecule has 1 amide bonds. The molecule has 2 aromatic carbocycles. The molecule has 0 spiro atoms. The quantitative estimate of drug-likeness (QED) is 0.274. The molecule has 150 valence electrons. The van der Waals surface area contributed by atoms with Gasteiger partial charge in [0.15, 0.2) is 29.2 Å². The van der Waals surface area contributed by atoms with Crippen molar-refractivity contribution < 1.29 is 32.4 Å². The summed E-state index contributed by atoms with van der Waals surface area (Å²) >= 11 is 6.37. The molecular formula is C16H7ClF3N3O5S. The van der Waals surface area contributed by atoms with E-state index in [1.165, 1.54) is 6.07 Å². The van der Waals surface area contributed by atoms with Gasteiger partial charge in [-0.1, -0.05) is 22.9 Å². The first kappa shape index (κ1) is 20.5. The molecule has 1 aromatic heterocycles. The molecule has 13 heteroatoms. The third-order valence-electron chi connectivity index (χ3n) is 3.48. The number of esters is 1. The van der Waals surface area contributed by atoms with Crippen molar-refractivity contribution in [1.82, 2.24) is 4.98 Å². The molecule has 29 heavy (non-hydrogen) atoms. The molecule has 0 unspecified atom stereocenters. The predicted molar refractivity (Wildman–Crippen MR) is 96.5 cm³/mol. The summed E-state index contributed by atoms with van der Waals surface area (Å²) < 4.78 is 44.8. The number of aromatic nitrogens is 1. The number of fused-ring (bicyclic) bond motifs is 1. The standard InChI is InChI=1S/C16H7ClF3N3O5S/c17-6-1-2-9(23(26)27)7(3-6)15(25)28-5-11(24)21-16-22-14-10(29-16)4-8(18)12(19)13(14)20/h1-4H,5H2,(H,21,22,24). The number of nitrogens with zero attached hydrogens (tertiary/aromatic N) is 2. The lowest BCUT2D eigenvalue weighted by molar-refractivity contribution is -0.385. The van der Waals surface area contributed by atoms with E-state index in [0.29, 0.717) is 11.3 Å². The lowest BCUT2D eigenvalue weighted by Gasteiger charge is -2.05. The van der Waals surface area contributed by atoms with Crippen LogP contribution in [0.2, 0.25) is 5.02 Å². The van der Waals surface area contributed by atoms with E-state index in [4.69, 9.17) is 16.3 Å². The van der Waals surface area contributed by atoms with Gasteiger partial charge in [-0.05, 0) is 18.2 Å². The van der Waals surface area contributed by atoms with E-state index in [2.05, 4.69) is 10.3 Å². The molecule has 0 saturated carbocycles. The fourth-order valence-corrected chi connectivity index (χ4v) is 3.30. The Morgan fingerprint density at radius 1 is 1.24 bits per heavy atom. The Morgan fingerprint density at radius 2 is 1.97 bits per heavy atom. The first-order valence-electron chi connectivity index (χ1n) is 7.52. The third-order valence-corrected chi connectivity index (χ3v) is 4.63. The van der Waals surface area contributed by atoms with E-state index >= 15 is 0 Å². The van der Waals surface area contributed by atoms with Gasteiger partial charge in [-0.15, -0.1) is 0 Å². The highest BCUT2D eigenvalue weighted by molar-refractivity contribution is 7.22. The van der Waals surface area contributed by atoms with Crippen molar-refractivity contribution >= 4 is 55.8 Å². The summed E-state index contributed by atoms with van der Waals surface area (Å²) in [6.07, 6.45) is 0. The SMILES string of the molecule is O=C(COC(=O)c1cc(Cl)ccc1[N+](=O)[O-])Nc1nc2c(F)c(F)c(F)cc2s1. The normalized spacial score (nSPS) is 10.8. The van der Waals surface area contributed by atoms with Gasteiger partial charge < -0.3 is 4.74 Å². The maximum absolute atomic E-state index is 13.7. The Morgan fingerprint density at radius 3 is 2.66 bits per heavy atom. The third kappa shape index (κ3) is 4.27. The average molecular weight is 446 g/mol. The van der Waals surface area contributed by atoms with E-state index < -0.39 is 57.6 Å². The van der Waals surface area contributed by atoms with Gasteiger partial charge in [0.2, 0.25) is 0 Å². The molecule has 0 radical (unpaired) electrons. The molecule has 0 atom stereocenters. The summed E-state index contributed by atoms with van der Waals surface area (Å²) in [7, 11) is 0. The molecule has 0 saturated heterocycles. The van der Waals surface area contributed by atoms with Gasteiger partial charge in [0, 0.05) is 11.1 Å². The number of anilines is 1.